The van der Waals surface area contributed by atoms with Crippen molar-refractivity contribution in [2.24, 2.45) is 0 Å². The summed E-state index contributed by atoms with van der Waals surface area (Å²) >= 11 is 0. The van der Waals surface area contributed by atoms with Crippen molar-refractivity contribution in [3.63, 3.8) is 0 Å². The third kappa shape index (κ3) is 5.00. The lowest BCUT2D eigenvalue weighted by molar-refractivity contribution is -0.0892. The molecule has 164 valence electrons. The lowest BCUT2D eigenvalue weighted by atomic mass is 9.90. The van der Waals surface area contributed by atoms with Crippen molar-refractivity contribution < 1.29 is 23.8 Å². The lowest BCUT2D eigenvalue weighted by Gasteiger charge is -2.38. The molecule has 1 atom stereocenters. The maximum atomic E-state index is 10.4. The molecule has 1 saturated carbocycles. The van der Waals surface area contributed by atoms with Crippen molar-refractivity contribution in [1.29, 1.82) is 0 Å². The third-order valence-corrected chi connectivity index (χ3v) is 6.01. The van der Waals surface area contributed by atoms with E-state index in [0.29, 0.717) is 25.0 Å². The molecule has 1 N–H and O–H groups in total. The number of aromatic nitrogens is 2. The number of benzene rings is 1. The molecule has 2 aromatic rings. The van der Waals surface area contributed by atoms with Crippen LogP contribution in [0, 0.1) is 0 Å². The topological polar surface area (TPSA) is 90.1 Å². The van der Waals surface area contributed by atoms with Gasteiger partial charge in [-0.05, 0) is 43.4 Å². The molecule has 1 unspecified atom stereocenters. The van der Waals surface area contributed by atoms with Gasteiger partial charge in [0.15, 0.2) is 5.82 Å². The first-order valence-electron chi connectivity index (χ1n) is 10.6. The number of likely N-dealkylation sites (tertiary alicyclic amines) is 1. The zero-order chi connectivity index (χ0) is 21.0. The molecule has 1 aromatic carbocycles. The van der Waals surface area contributed by atoms with Crippen LogP contribution in [0.3, 0.4) is 0 Å². The Labute approximate surface area is 177 Å². The van der Waals surface area contributed by atoms with E-state index < -0.39 is 11.7 Å². The number of ether oxygens (including phenoxy) is 3. The summed E-state index contributed by atoms with van der Waals surface area (Å²) in [6.07, 6.45) is 3.26. The molecule has 2 heterocycles. The summed E-state index contributed by atoms with van der Waals surface area (Å²) in [7, 11) is 3.35. The molecular formula is C22H31N3O5. The summed E-state index contributed by atoms with van der Waals surface area (Å²) in [5, 5.41) is 14.5. The second-order valence-corrected chi connectivity index (χ2v) is 8.25. The fraction of sp³-hybridized carbons (Fsp3) is 0.636. The van der Waals surface area contributed by atoms with E-state index in [1.807, 2.05) is 24.3 Å². The summed E-state index contributed by atoms with van der Waals surface area (Å²) in [4.78, 5) is 6.84. The van der Waals surface area contributed by atoms with E-state index in [9.17, 15) is 5.11 Å². The van der Waals surface area contributed by atoms with Crippen LogP contribution in [0.5, 0.6) is 5.75 Å². The first kappa shape index (κ1) is 21.2. The predicted octanol–water partition coefficient (Wildman–Crippen LogP) is 2.47. The zero-order valence-corrected chi connectivity index (χ0v) is 17.7. The molecule has 8 heteroatoms. The van der Waals surface area contributed by atoms with Gasteiger partial charge in [0.25, 0.3) is 5.89 Å². The third-order valence-electron chi connectivity index (χ3n) is 6.01. The van der Waals surface area contributed by atoms with E-state index in [1.165, 1.54) is 0 Å². The van der Waals surface area contributed by atoms with Crippen molar-refractivity contribution in [3.8, 4) is 5.75 Å². The van der Waals surface area contributed by atoms with Crippen LogP contribution in [0.15, 0.2) is 28.8 Å². The zero-order valence-electron chi connectivity index (χ0n) is 17.7. The smallest absolute Gasteiger partial charge is 0.258 e. The molecule has 4 rings (SSSR count). The molecular weight excluding hydrogens is 386 g/mol. The van der Waals surface area contributed by atoms with Gasteiger partial charge < -0.3 is 28.7 Å². The van der Waals surface area contributed by atoms with Gasteiger partial charge in [-0.25, -0.2) is 0 Å². The molecule has 1 aromatic heterocycles. The Balaban J connectivity index is 1.22. The number of β-amino-alcohol motifs (C(OH)–C–C–N with tert-alkyl or cyclic N) is 1. The highest BCUT2D eigenvalue weighted by Gasteiger charge is 2.42. The number of piperidine rings is 1. The second-order valence-electron chi connectivity index (χ2n) is 8.25. The molecule has 2 aliphatic rings. The van der Waals surface area contributed by atoms with E-state index in [-0.39, 0.29) is 6.61 Å². The second kappa shape index (κ2) is 9.43. The monoisotopic (exact) mass is 417 g/mol. The van der Waals surface area contributed by atoms with Gasteiger partial charge in [-0.2, -0.15) is 4.98 Å². The van der Waals surface area contributed by atoms with Gasteiger partial charge in [0.05, 0.1) is 26.4 Å². The van der Waals surface area contributed by atoms with Crippen molar-refractivity contribution in [2.75, 3.05) is 40.5 Å². The minimum atomic E-state index is -0.546. The first-order valence-corrected chi connectivity index (χ1v) is 10.6. The SMILES string of the molecule is COc1cccc(COCC(O)CN2CCC(OC)(c3nc(C4CC4)no3)CC2)c1. The normalized spacial score (nSPS) is 20.2. The Morgan fingerprint density at radius 2 is 2.07 bits per heavy atom. The van der Waals surface area contributed by atoms with Crippen molar-refractivity contribution >= 4 is 0 Å². The first-order chi connectivity index (χ1) is 14.6. The van der Waals surface area contributed by atoms with Crippen molar-refractivity contribution in [1.82, 2.24) is 15.0 Å². The molecule has 1 aliphatic carbocycles. The molecule has 2 fully saturated rings. The van der Waals surface area contributed by atoms with Gasteiger partial charge in [0, 0.05) is 32.7 Å². The van der Waals surface area contributed by atoms with Crippen LogP contribution in [0.25, 0.3) is 0 Å². The number of aliphatic hydroxyl groups excluding tert-OH is 1. The molecule has 8 nitrogen and oxygen atoms in total. The van der Waals surface area contributed by atoms with Crippen LogP contribution in [0.1, 0.15) is 48.9 Å². The standard InChI is InChI=1S/C22H31N3O5/c1-27-19-5-3-4-16(12-19)14-29-15-18(26)13-25-10-8-22(28-2,9-11-25)21-23-20(24-30-21)17-6-7-17/h3-5,12,17-18,26H,6-11,13-15H2,1-2H3. The Morgan fingerprint density at radius 1 is 1.27 bits per heavy atom. The van der Waals surface area contributed by atoms with Gasteiger partial charge in [0.2, 0.25) is 0 Å². The van der Waals surface area contributed by atoms with Crippen molar-refractivity contribution in [3.05, 3.63) is 41.5 Å². The summed E-state index contributed by atoms with van der Waals surface area (Å²) in [6, 6.07) is 7.75. The summed E-state index contributed by atoms with van der Waals surface area (Å²) in [5.74, 6) is 2.67. The van der Waals surface area contributed by atoms with E-state index >= 15 is 0 Å². The molecule has 0 radical (unpaired) electrons. The van der Waals surface area contributed by atoms with E-state index in [1.54, 1.807) is 14.2 Å². The van der Waals surface area contributed by atoms with Gasteiger partial charge in [-0.3, -0.25) is 0 Å². The fourth-order valence-electron chi connectivity index (χ4n) is 3.96. The van der Waals surface area contributed by atoms with Crippen LogP contribution in [0.2, 0.25) is 0 Å². The van der Waals surface area contributed by atoms with Crippen LogP contribution in [-0.4, -0.2) is 66.7 Å². The van der Waals surface area contributed by atoms with E-state index in [0.717, 1.165) is 55.9 Å². The number of methoxy groups -OCH3 is 2. The maximum absolute atomic E-state index is 10.4. The molecule has 0 spiro atoms. The van der Waals surface area contributed by atoms with Crippen LogP contribution >= 0.6 is 0 Å². The van der Waals surface area contributed by atoms with E-state index in [2.05, 4.69) is 15.0 Å². The number of hydrogen-bond acceptors (Lipinski definition) is 8. The van der Waals surface area contributed by atoms with Gasteiger partial charge in [-0.1, -0.05) is 17.3 Å². The Bertz CT molecular complexity index is 815. The highest BCUT2D eigenvalue weighted by Crippen LogP contribution is 2.41. The average Bonchev–Trinajstić information content (AvgIpc) is 3.51. The highest BCUT2D eigenvalue weighted by molar-refractivity contribution is 5.27. The molecule has 1 aliphatic heterocycles. The average molecular weight is 418 g/mol. The van der Waals surface area contributed by atoms with Gasteiger partial charge >= 0.3 is 0 Å². The summed E-state index contributed by atoms with van der Waals surface area (Å²) in [5.41, 5.74) is 0.499. The Morgan fingerprint density at radius 3 is 2.77 bits per heavy atom. The quantitative estimate of drug-likeness (QED) is 0.631. The highest BCUT2D eigenvalue weighted by atomic mass is 16.5. The largest absolute Gasteiger partial charge is 0.497 e. The van der Waals surface area contributed by atoms with Gasteiger partial charge in [-0.15, -0.1) is 0 Å². The van der Waals surface area contributed by atoms with Crippen LogP contribution < -0.4 is 4.74 Å². The minimum Gasteiger partial charge on any atom is -0.497 e. The number of hydrogen-bond donors (Lipinski definition) is 1. The maximum Gasteiger partial charge on any atom is 0.258 e. The van der Waals surface area contributed by atoms with Crippen LogP contribution in [-0.2, 0) is 21.7 Å². The lowest BCUT2D eigenvalue weighted by Crippen LogP contribution is -2.46. The Hall–Kier alpha value is -2.00. The molecule has 1 saturated heterocycles. The predicted molar refractivity (Wildman–Crippen MR) is 109 cm³/mol. The van der Waals surface area contributed by atoms with Gasteiger partial charge in [0.1, 0.15) is 11.4 Å². The number of aliphatic hydroxyl groups is 1. The Kier molecular flexibility index (Phi) is 6.67. The van der Waals surface area contributed by atoms with Crippen LogP contribution in [0.4, 0.5) is 0 Å². The molecule has 30 heavy (non-hydrogen) atoms. The number of rotatable bonds is 10. The molecule has 0 amide bonds. The van der Waals surface area contributed by atoms with E-state index in [4.69, 9.17) is 18.7 Å². The summed E-state index contributed by atoms with van der Waals surface area (Å²) < 4.78 is 22.3. The van der Waals surface area contributed by atoms with Crippen molar-refractivity contribution in [2.45, 2.75) is 49.9 Å². The minimum absolute atomic E-state index is 0.289. The molecule has 0 bridgehead atoms. The summed E-state index contributed by atoms with van der Waals surface area (Å²) in [6.45, 7) is 2.89. The fourth-order valence-corrected chi connectivity index (χ4v) is 3.96. The number of nitrogens with zero attached hydrogens (tertiary/aromatic N) is 3.